The number of thiazole rings is 1. The van der Waals surface area contributed by atoms with Gasteiger partial charge in [0.25, 0.3) is 0 Å². The molecule has 0 atom stereocenters. The number of carbonyl (C=O) groups is 1. The van der Waals surface area contributed by atoms with Gasteiger partial charge in [-0.1, -0.05) is 31.5 Å². The summed E-state index contributed by atoms with van der Waals surface area (Å²) in [5.74, 6) is 1.11. The van der Waals surface area contributed by atoms with Crippen molar-refractivity contribution in [1.82, 2.24) is 4.98 Å². The van der Waals surface area contributed by atoms with Gasteiger partial charge in [0.2, 0.25) is 0 Å². The molecule has 1 aliphatic rings. The van der Waals surface area contributed by atoms with Crippen LogP contribution in [0.4, 0.5) is 0 Å². The van der Waals surface area contributed by atoms with E-state index in [1.165, 1.54) is 10.5 Å². The zero-order valence-electron chi connectivity index (χ0n) is 12.6. The molecule has 4 heteroatoms. The van der Waals surface area contributed by atoms with Crippen molar-refractivity contribution in [3.8, 4) is 0 Å². The maximum absolute atomic E-state index is 12.2. The monoisotopic (exact) mass is 317 g/mol. The molecular weight excluding hydrogens is 298 g/mol. The maximum atomic E-state index is 12.2. The van der Waals surface area contributed by atoms with E-state index in [2.05, 4.69) is 45.0 Å². The summed E-state index contributed by atoms with van der Waals surface area (Å²) in [6.45, 7) is 6.40. The van der Waals surface area contributed by atoms with Crippen LogP contribution in [-0.4, -0.2) is 10.8 Å². The van der Waals surface area contributed by atoms with Gasteiger partial charge in [-0.2, -0.15) is 0 Å². The number of nitrogens with zero attached hydrogens (tertiary/aromatic N) is 1. The molecule has 0 N–H and O–H groups in total. The first-order valence-electron chi connectivity index (χ1n) is 7.14. The predicted molar refractivity (Wildman–Crippen MR) is 89.3 cm³/mol. The first kappa shape index (κ1) is 14.8. The van der Waals surface area contributed by atoms with Gasteiger partial charge in [-0.3, -0.25) is 4.79 Å². The average Bonchev–Trinajstić information content (AvgIpc) is 2.78. The molecule has 2 nitrogen and oxygen atoms in total. The number of aromatic nitrogens is 1. The summed E-state index contributed by atoms with van der Waals surface area (Å²) in [5.41, 5.74) is 2.34. The molecule has 0 radical (unpaired) electrons. The van der Waals surface area contributed by atoms with Crippen LogP contribution in [-0.2, 0) is 12.2 Å². The minimum Gasteiger partial charge on any atom is -0.293 e. The third-order valence-electron chi connectivity index (χ3n) is 3.63. The minimum absolute atomic E-state index is 0.0547. The van der Waals surface area contributed by atoms with Crippen molar-refractivity contribution < 1.29 is 4.79 Å². The lowest BCUT2D eigenvalue weighted by molar-refractivity contribution is 0.0916. The van der Waals surface area contributed by atoms with Crippen molar-refractivity contribution in [2.45, 2.75) is 44.3 Å². The molecule has 1 heterocycles. The quantitative estimate of drug-likeness (QED) is 0.754. The summed E-state index contributed by atoms with van der Waals surface area (Å²) in [5, 5.41) is 1.07. The number of benzene rings is 1. The fourth-order valence-corrected chi connectivity index (χ4v) is 4.71. The minimum atomic E-state index is 0.0547. The Kier molecular flexibility index (Phi) is 3.93. The largest absolute Gasteiger partial charge is 0.293 e. The second-order valence-electron chi connectivity index (χ2n) is 6.43. The van der Waals surface area contributed by atoms with Crippen molar-refractivity contribution in [2.75, 3.05) is 0 Å². The van der Waals surface area contributed by atoms with Crippen LogP contribution < -0.4 is 0 Å². The molecule has 0 saturated heterocycles. The predicted octanol–water partition coefficient (Wildman–Crippen LogP) is 4.90. The third-order valence-corrected chi connectivity index (χ3v) is 5.96. The standard InChI is InChI=1S/C17H19NOS2/c1-11-5-4-6-12(7-11)20-10-15-18-13-8-17(2,3)9-14(19)16(13)21-15/h4-7H,8-10H2,1-3H3. The highest BCUT2D eigenvalue weighted by Crippen LogP contribution is 2.38. The Morgan fingerprint density at radius 1 is 1.33 bits per heavy atom. The lowest BCUT2D eigenvalue weighted by Gasteiger charge is -2.26. The van der Waals surface area contributed by atoms with Crippen molar-refractivity contribution in [1.29, 1.82) is 0 Å². The summed E-state index contributed by atoms with van der Waals surface area (Å²) in [6, 6.07) is 8.50. The van der Waals surface area contributed by atoms with E-state index in [4.69, 9.17) is 4.98 Å². The van der Waals surface area contributed by atoms with E-state index >= 15 is 0 Å². The van der Waals surface area contributed by atoms with E-state index in [9.17, 15) is 4.79 Å². The van der Waals surface area contributed by atoms with Crippen molar-refractivity contribution in [3.63, 3.8) is 0 Å². The van der Waals surface area contributed by atoms with E-state index in [0.717, 1.165) is 27.8 Å². The summed E-state index contributed by atoms with van der Waals surface area (Å²) in [4.78, 5) is 19.1. The van der Waals surface area contributed by atoms with E-state index < -0.39 is 0 Å². The Bertz CT molecular complexity index is 688. The molecule has 0 amide bonds. The number of carbonyl (C=O) groups excluding carboxylic acids is 1. The zero-order valence-corrected chi connectivity index (χ0v) is 14.2. The van der Waals surface area contributed by atoms with Crippen LogP contribution in [0.5, 0.6) is 0 Å². The van der Waals surface area contributed by atoms with Crippen molar-refractivity contribution in [2.24, 2.45) is 5.41 Å². The molecule has 0 unspecified atom stereocenters. The number of hydrogen-bond acceptors (Lipinski definition) is 4. The van der Waals surface area contributed by atoms with Gasteiger partial charge >= 0.3 is 0 Å². The fourth-order valence-electron chi connectivity index (χ4n) is 2.68. The molecule has 2 aromatic rings. The van der Waals surface area contributed by atoms with Crippen LogP contribution in [0.3, 0.4) is 0 Å². The molecule has 0 saturated carbocycles. The van der Waals surface area contributed by atoms with Gasteiger partial charge in [0.15, 0.2) is 5.78 Å². The molecular formula is C17H19NOS2. The highest BCUT2D eigenvalue weighted by Gasteiger charge is 2.33. The van der Waals surface area contributed by atoms with Gasteiger partial charge < -0.3 is 0 Å². The summed E-state index contributed by atoms with van der Waals surface area (Å²) >= 11 is 3.37. The molecule has 1 aliphatic carbocycles. The lowest BCUT2D eigenvalue weighted by Crippen LogP contribution is -2.25. The van der Waals surface area contributed by atoms with E-state index in [1.54, 1.807) is 23.1 Å². The smallest absolute Gasteiger partial charge is 0.175 e. The van der Waals surface area contributed by atoms with E-state index in [-0.39, 0.29) is 11.2 Å². The number of fused-ring (bicyclic) bond motifs is 1. The van der Waals surface area contributed by atoms with Gasteiger partial charge in [0.05, 0.1) is 16.3 Å². The van der Waals surface area contributed by atoms with Crippen molar-refractivity contribution >= 4 is 28.9 Å². The molecule has 110 valence electrons. The summed E-state index contributed by atoms with van der Waals surface area (Å²) in [7, 11) is 0. The molecule has 3 rings (SSSR count). The third kappa shape index (κ3) is 3.38. The first-order chi connectivity index (χ1) is 9.93. The Balaban J connectivity index is 1.75. The van der Waals surface area contributed by atoms with Gasteiger partial charge in [0.1, 0.15) is 5.01 Å². The van der Waals surface area contributed by atoms with Crippen LogP contribution in [0, 0.1) is 12.3 Å². The van der Waals surface area contributed by atoms with E-state index in [0.29, 0.717) is 6.42 Å². The van der Waals surface area contributed by atoms with Gasteiger partial charge in [-0.15, -0.1) is 23.1 Å². The highest BCUT2D eigenvalue weighted by molar-refractivity contribution is 7.98. The second-order valence-corrected chi connectivity index (χ2v) is 8.56. The van der Waals surface area contributed by atoms with Gasteiger partial charge in [-0.05, 0) is 30.9 Å². The number of hydrogen-bond donors (Lipinski definition) is 0. The van der Waals surface area contributed by atoms with Crippen LogP contribution in [0.25, 0.3) is 0 Å². The van der Waals surface area contributed by atoms with Crippen molar-refractivity contribution in [3.05, 3.63) is 45.4 Å². The van der Waals surface area contributed by atoms with E-state index in [1.807, 2.05) is 0 Å². The number of rotatable bonds is 3. The van der Waals surface area contributed by atoms with Gasteiger partial charge in [-0.25, -0.2) is 4.98 Å². The SMILES string of the molecule is Cc1cccc(SCc2nc3c(s2)C(=O)CC(C)(C)C3)c1. The molecule has 0 fully saturated rings. The van der Waals surface area contributed by atoms with Crippen LogP contribution >= 0.6 is 23.1 Å². The topological polar surface area (TPSA) is 30.0 Å². The molecule has 0 aliphatic heterocycles. The Morgan fingerprint density at radius 2 is 2.14 bits per heavy atom. The average molecular weight is 317 g/mol. The first-order valence-corrected chi connectivity index (χ1v) is 8.94. The molecule has 1 aromatic carbocycles. The Morgan fingerprint density at radius 3 is 2.90 bits per heavy atom. The van der Waals surface area contributed by atoms with Crippen LogP contribution in [0.1, 0.15) is 46.2 Å². The highest BCUT2D eigenvalue weighted by atomic mass is 32.2. The number of aryl methyl sites for hydroxylation is 1. The van der Waals surface area contributed by atoms with Crippen LogP contribution in [0.15, 0.2) is 29.2 Å². The molecule has 0 spiro atoms. The molecule has 1 aromatic heterocycles. The summed E-state index contributed by atoms with van der Waals surface area (Å²) < 4.78 is 0. The Hall–Kier alpha value is -1.13. The molecule has 0 bridgehead atoms. The maximum Gasteiger partial charge on any atom is 0.175 e. The normalized spacial score (nSPS) is 16.8. The lowest BCUT2D eigenvalue weighted by atomic mass is 9.78. The Labute approximate surface area is 134 Å². The molecule has 21 heavy (non-hydrogen) atoms. The van der Waals surface area contributed by atoms with Crippen LogP contribution in [0.2, 0.25) is 0 Å². The number of Topliss-reactive ketones (excluding diaryl/α,β-unsaturated/α-hetero) is 1. The fraction of sp³-hybridized carbons (Fsp3) is 0.412. The summed E-state index contributed by atoms with van der Waals surface area (Å²) in [6.07, 6.45) is 1.56. The zero-order chi connectivity index (χ0) is 15.0. The number of thioether (sulfide) groups is 1. The number of ketones is 1. The second kappa shape index (κ2) is 5.58. The van der Waals surface area contributed by atoms with Gasteiger partial charge in [0, 0.05) is 11.3 Å².